The summed E-state index contributed by atoms with van der Waals surface area (Å²) in [6.45, 7) is 0.301. The first-order valence-corrected chi connectivity index (χ1v) is 7.77. The molecule has 0 saturated heterocycles. The summed E-state index contributed by atoms with van der Waals surface area (Å²) in [6.07, 6.45) is -2.73. The van der Waals surface area contributed by atoms with Gasteiger partial charge in [0.2, 0.25) is 10.0 Å². The average Bonchev–Trinajstić information content (AvgIpc) is 3.11. The van der Waals surface area contributed by atoms with Crippen LogP contribution in [0.5, 0.6) is 0 Å². The molecular weight excluding hydrogens is 315 g/mol. The van der Waals surface area contributed by atoms with Gasteiger partial charge < -0.3 is 0 Å². The molecule has 1 aromatic rings. The minimum absolute atomic E-state index is 0.208. The second-order valence-electron chi connectivity index (χ2n) is 4.87. The Morgan fingerprint density at radius 2 is 1.95 bits per heavy atom. The predicted molar refractivity (Wildman–Crippen MR) is 69.0 cm³/mol. The second kappa shape index (κ2) is 5.20. The van der Waals surface area contributed by atoms with Gasteiger partial charge in [0, 0.05) is 13.6 Å². The third-order valence-corrected chi connectivity index (χ3v) is 5.46. The van der Waals surface area contributed by atoms with E-state index < -0.39 is 26.7 Å². The lowest BCUT2D eigenvalue weighted by atomic mass is 10.2. The minimum atomic E-state index is -4.61. The van der Waals surface area contributed by atoms with Crippen molar-refractivity contribution in [3.05, 3.63) is 28.8 Å². The van der Waals surface area contributed by atoms with E-state index in [2.05, 4.69) is 0 Å². The quantitative estimate of drug-likeness (QED) is 0.850. The first kappa shape index (κ1) is 15.6. The smallest absolute Gasteiger partial charge is 0.207 e. The highest BCUT2D eigenvalue weighted by atomic mass is 35.5. The number of hydrogen-bond acceptors (Lipinski definition) is 2. The topological polar surface area (TPSA) is 37.4 Å². The second-order valence-corrected chi connectivity index (χ2v) is 7.29. The summed E-state index contributed by atoms with van der Waals surface area (Å²) >= 11 is 5.75. The molecule has 0 aromatic heterocycles. The molecule has 8 heteroatoms. The minimum Gasteiger partial charge on any atom is -0.207 e. The molecule has 0 unspecified atom stereocenters. The van der Waals surface area contributed by atoms with Crippen LogP contribution in [0.25, 0.3) is 0 Å². The van der Waals surface area contributed by atoms with Gasteiger partial charge in [0.25, 0.3) is 0 Å². The summed E-state index contributed by atoms with van der Waals surface area (Å²) in [7, 11) is -2.65. The lowest BCUT2D eigenvalue weighted by molar-refractivity contribution is -0.137. The van der Waals surface area contributed by atoms with Crippen molar-refractivity contribution in [3.63, 3.8) is 0 Å². The van der Waals surface area contributed by atoms with Gasteiger partial charge in [-0.3, -0.25) is 0 Å². The first-order valence-electron chi connectivity index (χ1n) is 5.95. The normalized spacial score (nSPS) is 16.7. The predicted octanol–water partition coefficient (Wildman–Crippen LogP) is 3.39. The highest BCUT2D eigenvalue weighted by Gasteiger charge is 2.35. The van der Waals surface area contributed by atoms with Gasteiger partial charge in [0.15, 0.2) is 0 Å². The summed E-state index contributed by atoms with van der Waals surface area (Å²) in [5.74, 6) is 0.291. The molecule has 0 radical (unpaired) electrons. The Bertz CT molecular complexity index is 612. The van der Waals surface area contributed by atoms with Crippen molar-refractivity contribution >= 4 is 21.6 Å². The van der Waals surface area contributed by atoms with Gasteiger partial charge in [-0.1, -0.05) is 11.6 Å². The molecule has 0 N–H and O–H groups in total. The fourth-order valence-electron chi connectivity index (χ4n) is 1.81. The van der Waals surface area contributed by atoms with Crippen LogP contribution in [0, 0.1) is 5.92 Å². The molecule has 1 aliphatic carbocycles. The zero-order valence-corrected chi connectivity index (χ0v) is 12.2. The molecule has 20 heavy (non-hydrogen) atoms. The Morgan fingerprint density at radius 1 is 1.35 bits per heavy atom. The Kier molecular flexibility index (Phi) is 4.05. The molecule has 0 amide bonds. The van der Waals surface area contributed by atoms with E-state index in [0.717, 1.165) is 29.3 Å². The Balaban J connectivity index is 2.39. The fourth-order valence-corrected chi connectivity index (χ4v) is 3.55. The molecule has 112 valence electrons. The van der Waals surface area contributed by atoms with Crippen molar-refractivity contribution in [1.82, 2.24) is 4.31 Å². The number of rotatable bonds is 4. The van der Waals surface area contributed by atoms with Gasteiger partial charge in [0.05, 0.1) is 10.6 Å². The van der Waals surface area contributed by atoms with Crippen molar-refractivity contribution in [2.45, 2.75) is 23.9 Å². The Labute approximate surface area is 120 Å². The van der Waals surface area contributed by atoms with Gasteiger partial charge in [-0.15, -0.1) is 0 Å². The standard InChI is InChI=1S/C12H13ClF3NO2S/c1-17(7-8-2-3-8)20(18,19)11-6-9(12(14,15)16)4-5-10(11)13/h4-6,8H,2-3,7H2,1H3. The molecule has 0 atom stereocenters. The summed E-state index contributed by atoms with van der Waals surface area (Å²) in [4.78, 5) is -0.503. The highest BCUT2D eigenvalue weighted by Crippen LogP contribution is 2.35. The number of alkyl halides is 3. The van der Waals surface area contributed by atoms with Gasteiger partial charge in [-0.25, -0.2) is 12.7 Å². The first-order chi connectivity index (χ1) is 9.12. The van der Waals surface area contributed by atoms with Gasteiger partial charge >= 0.3 is 6.18 Å². The Hall–Kier alpha value is -0.790. The van der Waals surface area contributed by atoms with Crippen LogP contribution in [0.15, 0.2) is 23.1 Å². The number of sulfonamides is 1. The van der Waals surface area contributed by atoms with E-state index in [0.29, 0.717) is 18.5 Å². The summed E-state index contributed by atoms with van der Waals surface area (Å²) in [5.41, 5.74) is -1.03. The van der Waals surface area contributed by atoms with E-state index in [1.165, 1.54) is 7.05 Å². The highest BCUT2D eigenvalue weighted by molar-refractivity contribution is 7.89. The van der Waals surface area contributed by atoms with E-state index in [1.807, 2.05) is 0 Å². The van der Waals surface area contributed by atoms with Gasteiger partial charge in [-0.2, -0.15) is 13.2 Å². The zero-order valence-electron chi connectivity index (χ0n) is 10.6. The fraction of sp³-hybridized carbons (Fsp3) is 0.500. The van der Waals surface area contributed by atoms with E-state index in [-0.39, 0.29) is 5.02 Å². The molecule has 1 fully saturated rings. The number of nitrogens with zero attached hydrogens (tertiary/aromatic N) is 1. The van der Waals surface area contributed by atoms with E-state index in [1.54, 1.807) is 0 Å². The number of benzene rings is 1. The third-order valence-electron chi connectivity index (χ3n) is 3.16. The molecular formula is C12H13ClF3NO2S. The van der Waals surface area contributed by atoms with Crippen LogP contribution in [0.3, 0.4) is 0 Å². The number of hydrogen-bond donors (Lipinski definition) is 0. The molecule has 3 nitrogen and oxygen atoms in total. The molecule has 1 saturated carbocycles. The summed E-state index contributed by atoms with van der Waals surface area (Å²) in [6, 6.07) is 2.31. The van der Waals surface area contributed by atoms with Crippen molar-refractivity contribution in [2.75, 3.05) is 13.6 Å². The summed E-state index contributed by atoms with van der Waals surface area (Å²) < 4.78 is 63.6. The van der Waals surface area contributed by atoms with E-state index >= 15 is 0 Å². The lowest BCUT2D eigenvalue weighted by Gasteiger charge is -2.18. The van der Waals surface area contributed by atoms with Crippen LogP contribution in [-0.4, -0.2) is 26.3 Å². The molecule has 2 rings (SSSR count). The largest absolute Gasteiger partial charge is 0.416 e. The van der Waals surface area contributed by atoms with Crippen LogP contribution in [0.4, 0.5) is 13.2 Å². The van der Waals surface area contributed by atoms with Crippen LogP contribution in [-0.2, 0) is 16.2 Å². The van der Waals surface area contributed by atoms with Crippen molar-refractivity contribution in [2.24, 2.45) is 5.92 Å². The SMILES string of the molecule is CN(CC1CC1)S(=O)(=O)c1cc(C(F)(F)F)ccc1Cl. The molecule has 0 heterocycles. The molecule has 0 bridgehead atoms. The van der Waals surface area contributed by atoms with Crippen molar-refractivity contribution in [1.29, 1.82) is 0 Å². The van der Waals surface area contributed by atoms with Gasteiger partial charge in [0.1, 0.15) is 4.90 Å². The van der Waals surface area contributed by atoms with Crippen LogP contribution >= 0.6 is 11.6 Å². The molecule has 1 aromatic carbocycles. The lowest BCUT2D eigenvalue weighted by Crippen LogP contribution is -2.29. The maximum atomic E-state index is 12.7. The summed E-state index contributed by atoms with van der Waals surface area (Å²) in [5, 5.41) is -0.208. The van der Waals surface area contributed by atoms with Crippen LogP contribution in [0.1, 0.15) is 18.4 Å². The third kappa shape index (κ3) is 3.27. The average molecular weight is 328 g/mol. The molecule has 0 aliphatic heterocycles. The van der Waals surface area contributed by atoms with E-state index in [9.17, 15) is 21.6 Å². The maximum Gasteiger partial charge on any atom is 0.416 e. The van der Waals surface area contributed by atoms with Crippen LogP contribution < -0.4 is 0 Å². The molecule has 1 aliphatic rings. The Morgan fingerprint density at radius 3 is 2.45 bits per heavy atom. The van der Waals surface area contributed by atoms with E-state index in [4.69, 9.17) is 11.6 Å². The zero-order chi connectivity index (χ0) is 15.1. The number of halogens is 4. The van der Waals surface area contributed by atoms with Crippen LogP contribution in [0.2, 0.25) is 5.02 Å². The monoisotopic (exact) mass is 327 g/mol. The maximum absolute atomic E-state index is 12.7. The van der Waals surface area contributed by atoms with Gasteiger partial charge in [-0.05, 0) is 37.0 Å². The molecule has 0 spiro atoms. The van der Waals surface area contributed by atoms with Crippen molar-refractivity contribution in [3.8, 4) is 0 Å². The van der Waals surface area contributed by atoms with Crippen molar-refractivity contribution < 1.29 is 21.6 Å².